The maximum absolute atomic E-state index is 10.8. The standard InChI is InChI=1S/C7H9NO2/c1-2-7(9)5-3-10-4-6(5)8/h1,5-6H,3-4,8H2. The first-order valence-corrected chi connectivity index (χ1v) is 3.09. The molecule has 1 saturated heterocycles. The van der Waals surface area contributed by atoms with Gasteiger partial charge in [0, 0.05) is 6.04 Å². The summed E-state index contributed by atoms with van der Waals surface area (Å²) in [5.41, 5.74) is 5.51. The van der Waals surface area contributed by atoms with Crippen LogP contribution >= 0.6 is 0 Å². The van der Waals surface area contributed by atoms with E-state index >= 15 is 0 Å². The van der Waals surface area contributed by atoms with Gasteiger partial charge in [-0.3, -0.25) is 4.79 Å². The van der Waals surface area contributed by atoms with Crippen LogP contribution in [0.2, 0.25) is 0 Å². The Kier molecular flexibility index (Phi) is 2.05. The van der Waals surface area contributed by atoms with Crippen LogP contribution in [-0.2, 0) is 9.53 Å². The lowest BCUT2D eigenvalue weighted by molar-refractivity contribution is -0.117. The molecule has 54 valence electrons. The fourth-order valence-corrected chi connectivity index (χ4v) is 0.948. The molecule has 0 aromatic heterocycles. The molecule has 0 amide bonds. The van der Waals surface area contributed by atoms with Crippen molar-refractivity contribution in [2.24, 2.45) is 11.7 Å². The van der Waals surface area contributed by atoms with Crippen LogP contribution in [0.25, 0.3) is 0 Å². The van der Waals surface area contributed by atoms with Crippen molar-refractivity contribution >= 4 is 5.78 Å². The molecule has 0 spiro atoms. The second kappa shape index (κ2) is 2.82. The van der Waals surface area contributed by atoms with Crippen molar-refractivity contribution in [2.45, 2.75) is 6.04 Å². The van der Waals surface area contributed by atoms with Crippen molar-refractivity contribution in [3.63, 3.8) is 0 Å². The quantitative estimate of drug-likeness (QED) is 0.381. The molecule has 3 heteroatoms. The monoisotopic (exact) mass is 139 g/mol. The normalized spacial score (nSPS) is 31.6. The molecule has 0 bridgehead atoms. The zero-order valence-electron chi connectivity index (χ0n) is 5.54. The van der Waals surface area contributed by atoms with E-state index in [0.29, 0.717) is 13.2 Å². The van der Waals surface area contributed by atoms with E-state index in [1.54, 1.807) is 0 Å². The van der Waals surface area contributed by atoms with Gasteiger partial charge in [-0.1, -0.05) is 0 Å². The summed E-state index contributed by atoms with van der Waals surface area (Å²) in [5, 5.41) is 0. The first-order valence-electron chi connectivity index (χ1n) is 3.09. The number of terminal acetylenes is 1. The fourth-order valence-electron chi connectivity index (χ4n) is 0.948. The Labute approximate surface area is 59.5 Å². The molecule has 0 saturated carbocycles. The van der Waals surface area contributed by atoms with Crippen molar-refractivity contribution in [3.05, 3.63) is 0 Å². The second-order valence-corrected chi connectivity index (χ2v) is 2.32. The van der Waals surface area contributed by atoms with Crippen LogP contribution in [0.15, 0.2) is 0 Å². The molecular formula is C7H9NO2. The minimum Gasteiger partial charge on any atom is -0.379 e. The smallest absolute Gasteiger partial charge is 0.212 e. The zero-order valence-corrected chi connectivity index (χ0v) is 5.54. The van der Waals surface area contributed by atoms with Gasteiger partial charge >= 0.3 is 0 Å². The highest BCUT2D eigenvalue weighted by Gasteiger charge is 2.29. The van der Waals surface area contributed by atoms with Gasteiger partial charge in [-0.25, -0.2) is 0 Å². The number of hydrogen-bond donors (Lipinski definition) is 1. The molecule has 3 nitrogen and oxygen atoms in total. The van der Waals surface area contributed by atoms with E-state index in [2.05, 4.69) is 0 Å². The van der Waals surface area contributed by atoms with Crippen LogP contribution in [0, 0.1) is 18.3 Å². The molecule has 2 atom stereocenters. The third kappa shape index (κ3) is 1.18. The Hall–Kier alpha value is -0.850. The van der Waals surface area contributed by atoms with Crippen LogP contribution in [0.3, 0.4) is 0 Å². The number of ether oxygens (including phenoxy) is 1. The summed E-state index contributed by atoms with van der Waals surface area (Å²) in [6, 6.07) is -0.205. The van der Waals surface area contributed by atoms with Gasteiger partial charge in [-0.15, -0.1) is 6.42 Å². The summed E-state index contributed by atoms with van der Waals surface area (Å²) in [6.07, 6.45) is 4.90. The average Bonchev–Trinajstić information content (AvgIpc) is 2.34. The molecule has 1 aliphatic rings. The number of ketones is 1. The zero-order chi connectivity index (χ0) is 7.56. The Morgan fingerprint density at radius 2 is 2.40 bits per heavy atom. The lowest BCUT2D eigenvalue weighted by Gasteiger charge is -2.05. The fraction of sp³-hybridized carbons (Fsp3) is 0.571. The van der Waals surface area contributed by atoms with Crippen molar-refractivity contribution < 1.29 is 9.53 Å². The Morgan fingerprint density at radius 3 is 2.80 bits per heavy atom. The van der Waals surface area contributed by atoms with Gasteiger partial charge in [0.1, 0.15) is 0 Å². The summed E-state index contributed by atoms with van der Waals surface area (Å²) >= 11 is 0. The van der Waals surface area contributed by atoms with Gasteiger partial charge in [0.25, 0.3) is 0 Å². The molecule has 2 N–H and O–H groups in total. The van der Waals surface area contributed by atoms with E-state index in [-0.39, 0.29) is 17.7 Å². The van der Waals surface area contributed by atoms with Crippen molar-refractivity contribution in [2.75, 3.05) is 13.2 Å². The van der Waals surface area contributed by atoms with Gasteiger partial charge in [-0.05, 0) is 5.92 Å². The van der Waals surface area contributed by atoms with Crippen molar-refractivity contribution in [1.29, 1.82) is 0 Å². The molecule has 0 aromatic carbocycles. The summed E-state index contributed by atoms with van der Waals surface area (Å²) in [4.78, 5) is 10.8. The third-order valence-corrected chi connectivity index (χ3v) is 1.60. The number of carbonyl (C=O) groups excluding carboxylic acids is 1. The number of nitrogens with two attached hydrogens (primary N) is 1. The third-order valence-electron chi connectivity index (χ3n) is 1.60. The topological polar surface area (TPSA) is 52.3 Å². The van der Waals surface area contributed by atoms with Crippen molar-refractivity contribution in [1.82, 2.24) is 0 Å². The number of rotatable bonds is 1. The molecule has 1 rings (SSSR count). The Morgan fingerprint density at radius 1 is 1.70 bits per heavy atom. The molecule has 1 aliphatic heterocycles. The molecule has 0 aromatic rings. The predicted octanol–water partition coefficient (Wildman–Crippen LogP) is -0.838. The van der Waals surface area contributed by atoms with E-state index in [0.717, 1.165) is 0 Å². The summed E-state index contributed by atoms with van der Waals surface area (Å²) < 4.78 is 4.95. The van der Waals surface area contributed by atoms with E-state index in [4.69, 9.17) is 16.9 Å². The van der Waals surface area contributed by atoms with Crippen molar-refractivity contribution in [3.8, 4) is 12.3 Å². The average molecular weight is 139 g/mol. The van der Waals surface area contributed by atoms with Crippen LogP contribution in [-0.4, -0.2) is 25.0 Å². The first-order chi connectivity index (χ1) is 4.75. The van der Waals surface area contributed by atoms with Gasteiger partial charge in [0.05, 0.1) is 19.1 Å². The van der Waals surface area contributed by atoms with E-state index in [1.807, 2.05) is 5.92 Å². The molecule has 1 fully saturated rings. The lowest BCUT2D eigenvalue weighted by Crippen LogP contribution is -2.33. The maximum atomic E-state index is 10.8. The Bertz CT molecular complexity index is 183. The molecule has 0 aliphatic carbocycles. The molecule has 2 unspecified atom stereocenters. The van der Waals surface area contributed by atoms with Crippen LogP contribution in [0.1, 0.15) is 0 Å². The van der Waals surface area contributed by atoms with Crippen LogP contribution < -0.4 is 5.73 Å². The summed E-state index contributed by atoms with van der Waals surface area (Å²) in [6.45, 7) is 0.822. The van der Waals surface area contributed by atoms with Gasteiger partial charge in [-0.2, -0.15) is 0 Å². The van der Waals surface area contributed by atoms with Gasteiger partial charge in [0.2, 0.25) is 5.78 Å². The Balaban J connectivity index is 2.57. The summed E-state index contributed by atoms with van der Waals surface area (Å²) in [7, 11) is 0. The highest BCUT2D eigenvalue weighted by Crippen LogP contribution is 2.11. The number of Topliss-reactive ketones (excluding diaryl/α,β-unsaturated/α-hetero) is 1. The lowest BCUT2D eigenvalue weighted by atomic mass is 10.0. The predicted molar refractivity (Wildman–Crippen MR) is 36.1 cm³/mol. The minimum absolute atomic E-state index is 0.205. The molecular weight excluding hydrogens is 130 g/mol. The summed E-state index contributed by atoms with van der Waals surface area (Å²) in [5.74, 6) is 1.52. The number of carbonyl (C=O) groups is 1. The highest BCUT2D eigenvalue weighted by molar-refractivity contribution is 5.97. The van der Waals surface area contributed by atoms with E-state index in [9.17, 15) is 4.79 Å². The molecule has 1 heterocycles. The van der Waals surface area contributed by atoms with Crippen LogP contribution in [0.4, 0.5) is 0 Å². The highest BCUT2D eigenvalue weighted by atomic mass is 16.5. The first kappa shape index (κ1) is 7.26. The SMILES string of the molecule is C#CC(=O)C1COCC1N. The van der Waals surface area contributed by atoms with Crippen LogP contribution in [0.5, 0.6) is 0 Å². The van der Waals surface area contributed by atoms with E-state index < -0.39 is 0 Å². The second-order valence-electron chi connectivity index (χ2n) is 2.32. The van der Waals surface area contributed by atoms with E-state index in [1.165, 1.54) is 0 Å². The van der Waals surface area contributed by atoms with Gasteiger partial charge in [0.15, 0.2) is 0 Å². The molecule has 0 radical (unpaired) electrons. The largest absolute Gasteiger partial charge is 0.379 e. The van der Waals surface area contributed by atoms with Gasteiger partial charge < -0.3 is 10.5 Å². The minimum atomic E-state index is -0.273. The molecule has 10 heavy (non-hydrogen) atoms. The number of hydrogen-bond acceptors (Lipinski definition) is 3. The maximum Gasteiger partial charge on any atom is 0.212 e.